The Bertz CT molecular complexity index is 2110. The Balaban J connectivity index is 0.000000225. The van der Waals surface area contributed by atoms with Gasteiger partial charge in [-0.15, -0.1) is 17.0 Å². The molecule has 0 radical (unpaired) electrons. The van der Waals surface area contributed by atoms with Gasteiger partial charge in [0.2, 0.25) is 10.0 Å². The van der Waals surface area contributed by atoms with Gasteiger partial charge in [-0.05, 0) is 112 Å². The molecule has 0 saturated carbocycles. The van der Waals surface area contributed by atoms with Gasteiger partial charge >= 0.3 is 6.18 Å². The quantitative estimate of drug-likeness (QED) is 0.160. The van der Waals surface area contributed by atoms with Crippen LogP contribution in [0.3, 0.4) is 0 Å². The van der Waals surface area contributed by atoms with Crippen molar-refractivity contribution < 1.29 is 30.7 Å². The van der Waals surface area contributed by atoms with Crippen molar-refractivity contribution in [2.75, 3.05) is 20.6 Å². The van der Waals surface area contributed by atoms with Gasteiger partial charge in [-0.2, -0.15) is 23.5 Å². The first kappa shape index (κ1) is 39.4. The standard InChI is InChI=1S/C20H21FN2O.C17H14F3N3O2S.BrH/c1-23(2)11-3-10-20(17-5-7-18(21)8-6-17)19-9-4-15(13-22)12-16(19)14-24-20;1-11-2-4-12(5-3-11)15-10-16(17(18,19)20)22-23(15)13-6-8-14(9-7-13)26(21,24)25;/h4-9,12H,3,10-11,14H2,1-2H3;2-10H,1H3,(H2,21,24,25);1H. The third-order valence-corrected chi connectivity index (χ3v) is 9.27. The molecule has 0 bridgehead atoms. The van der Waals surface area contributed by atoms with Crippen LogP contribution in [0.2, 0.25) is 0 Å². The number of aromatic nitrogens is 2. The highest BCUT2D eigenvalue weighted by Crippen LogP contribution is 2.45. The zero-order valence-corrected chi connectivity index (χ0v) is 30.5. The highest BCUT2D eigenvalue weighted by atomic mass is 79.9. The number of benzene rings is 4. The van der Waals surface area contributed by atoms with Gasteiger partial charge in [0.1, 0.15) is 11.4 Å². The molecule has 0 spiro atoms. The number of nitrogens with two attached hydrogens (primary N) is 1. The van der Waals surface area contributed by atoms with E-state index in [4.69, 9.17) is 15.1 Å². The number of sulfonamides is 1. The van der Waals surface area contributed by atoms with Crippen LogP contribution in [-0.4, -0.2) is 43.7 Å². The number of alkyl halides is 3. The van der Waals surface area contributed by atoms with Crippen molar-refractivity contribution in [1.29, 1.82) is 5.26 Å². The summed E-state index contributed by atoms with van der Waals surface area (Å²) in [5.74, 6) is -0.250. The Morgan fingerprint density at radius 3 is 2.20 bits per heavy atom. The maximum atomic E-state index is 13.4. The lowest BCUT2D eigenvalue weighted by Gasteiger charge is -2.31. The smallest absolute Gasteiger partial charge is 0.361 e. The molecule has 5 aromatic rings. The zero-order valence-electron chi connectivity index (χ0n) is 28.0. The molecular weight excluding hydrogens is 750 g/mol. The Kier molecular flexibility index (Phi) is 12.3. The molecule has 2 heterocycles. The molecule has 0 saturated heterocycles. The van der Waals surface area contributed by atoms with E-state index >= 15 is 0 Å². The molecule has 0 aliphatic carbocycles. The summed E-state index contributed by atoms with van der Waals surface area (Å²) in [6, 6.07) is 27.5. The maximum Gasteiger partial charge on any atom is 0.435 e. The van der Waals surface area contributed by atoms with Crippen molar-refractivity contribution in [3.05, 3.63) is 136 Å². The molecule has 268 valence electrons. The van der Waals surface area contributed by atoms with Gasteiger partial charge in [0.25, 0.3) is 0 Å². The van der Waals surface area contributed by atoms with Crippen LogP contribution in [0.1, 0.15) is 46.4 Å². The first-order valence-electron chi connectivity index (χ1n) is 15.6. The van der Waals surface area contributed by atoms with E-state index in [-0.39, 0.29) is 39.1 Å². The minimum Gasteiger partial charge on any atom is -0.361 e. The number of hydrogen-bond donors (Lipinski definition) is 1. The zero-order chi connectivity index (χ0) is 36.3. The van der Waals surface area contributed by atoms with Gasteiger partial charge in [-0.25, -0.2) is 22.6 Å². The average Bonchev–Trinajstić information content (AvgIpc) is 3.69. The highest BCUT2D eigenvalue weighted by molar-refractivity contribution is 8.93. The molecule has 6 rings (SSSR count). The fourth-order valence-electron chi connectivity index (χ4n) is 5.83. The van der Waals surface area contributed by atoms with Gasteiger partial charge in [-0.1, -0.05) is 48.0 Å². The third-order valence-electron chi connectivity index (χ3n) is 8.35. The molecule has 1 aliphatic rings. The van der Waals surface area contributed by atoms with E-state index in [0.717, 1.165) is 52.4 Å². The third kappa shape index (κ3) is 9.10. The first-order chi connectivity index (χ1) is 23.6. The molecule has 1 aromatic heterocycles. The number of aryl methyl sites for hydroxylation is 1. The number of primary sulfonamides is 1. The van der Waals surface area contributed by atoms with Crippen molar-refractivity contribution in [2.24, 2.45) is 5.14 Å². The Hall–Kier alpha value is -4.39. The second kappa shape index (κ2) is 15.9. The number of nitriles is 1. The number of halogens is 5. The van der Waals surface area contributed by atoms with E-state index in [2.05, 4.69) is 16.1 Å². The van der Waals surface area contributed by atoms with Gasteiger partial charge < -0.3 is 9.64 Å². The molecule has 1 aliphatic heterocycles. The van der Waals surface area contributed by atoms with Crippen LogP contribution in [0, 0.1) is 24.1 Å². The first-order valence-corrected chi connectivity index (χ1v) is 17.1. The minimum atomic E-state index is -4.61. The summed E-state index contributed by atoms with van der Waals surface area (Å²) < 4.78 is 82.8. The van der Waals surface area contributed by atoms with Crippen LogP contribution < -0.4 is 5.14 Å². The van der Waals surface area contributed by atoms with E-state index in [1.807, 2.05) is 39.2 Å². The van der Waals surface area contributed by atoms with Crippen molar-refractivity contribution in [2.45, 2.75) is 43.0 Å². The molecule has 2 N–H and O–H groups in total. The Labute approximate surface area is 304 Å². The topological polar surface area (TPSA) is 114 Å². The molecule has 1 atom stereocenters. The fraction of sp³-hybridized carbons (Fsp3) is 0.243. The van der Waals surface area contributed by atoms with E-state index in [0.29, 0.717) is 17.7 Å². The van der Waals surface area contributed by atoms with E-state index in [1.165, 1.54) is 36.4 Å². The predicted octanol–water partition coefficient (Wildman–Crippen LogP) is 7.90. The molecule has 8 nitrogen and oxygen atoms in total. The van der Waals surface area contributed by atoms with Gasteiger partial charge in [0.15, 0.2) is 5.69 Å². The van der Waals surface area contributed by atoms with Crippen LogP contribution in [0.4, 0.5) is 17.6 Å². The highest BCUT2D eigenvalue weighted by Gasteiger charge is 2.41. The lowest BCUT2D eigenvalue weighted by molar-refractivity contribution is -0.141. The molecule has 4 aromatic carbocycles. The summed E-state index contributed by atoms with van der Waals surface area (Å²) in [6.07, 6.45) is -2.83. The molecule has 51 heavy (non-hydrogen) atoms. The minimum absolute atomic E-state index is 0. The van der Waals surface area contributed by atoms with Gasteiger partial charge in [0, 0.05) is 5.56 Å². The second-order valence-corrected chi connectivity index (χ2v) is 13.8. The van der Waals surface area contributed by atoms with Crippen LogP contribution in [0.5, 0.6) is 0 Å². The summed E-state index contributed by atoms with van der Waals surface area (Å²) in [6.45, 7) is 3.30. The largest absolute Gasteiger partial charge is 0.435 e. The maximum absolute atomic E-state index is 13.4. The summed E-state index contributed by atoms with van der Waals surface area (Å²) >= 11 is 0. The Morgan fingerprint density at radius 1 is 0.980 bits per heavy atom. The average molecular weight is 787 g/mol. The van der Waals surface area contributed by atoms with Crippen LogP contribution in [-0.2, 0) is 33.1 Å². The van der Waals surface area contributed by atoms with E-state index in [9.17, 15) is 26.0 Å². The van der Waals surface area contributed by atoms with E-state index < -0.39 is 27.5 Å². The predicted molar refractivity (Wildman–Crippen MR) is 191 cm³/mol. The van der Waals surface area contributed by atoms with Crippen LogP contribution in [0.15, 0.2) is 102 Å². The molecule has 14 heteroatoms. The molecule has 0 fully saturated rings. The van der Waals surface area contributed by atoms with Crippen LogP contribution in [0.25, 0.3) is 16.9 Å². The number of hydrogen-bond acceptors (Lipinski definition) is 6. The number of rotatable bonds is 8. The lowest BCUT2D eigenvalue weighted by atomic mass is 9.81. The van der Waals surface area contributed by atoms with E-state index in [1.54, 1.807) is 36.4 Å². The normalized spacial score (nSPS) is 15.4. The number of fused-ring (bicyclic) bond motifs is 1. The van der Waals surface area contributed by atoms with Crippen molar-refractivity contribution >= 4 is 27.0 Å². The van der Waals surface area contributed by atoms with Gasteiger partial charge in [0.05, 0.1) is 34.5 Å². The molecule has 0 amide bonds. The van der Waals surface area contributed by atoms with Gasteiger partial charge in [-0.3, -0.25) is 0 Å². The SMILES string of the molecule is Br.CN(C)CCCC1(c2ccc(F)cc2)OCc2cc(C#N)ccc21.Cc1ccc(-c2cc(C(F)(F)F)nn2-c2ccc(S(N)(=O)=O)cc2)cc1. The number of ether oxygens (including phenoxy) is 1. The summed E-state index contributed by atoms with van der Waals surface area (Å²) in [5.41, 5.74) is 4.17. The Morgan fingerprint density at radius 2 is 1.63 bits per heavy atom. The van der Waals surface area contributed by atoms with Crippen molar-refractivity contribution in [3.8, 4) is 23.0 Å². The lowest BCUT2D eigenvalue weighted by Crippen LogP contribution is -2.28. The molecular formula is C37H36BrF4N5O3S. The summed E-state index contributed by atoms with van der Waals surface area (Å²) in [5, 5.41) is 17.8. The second-order valence-electron chi connectivity index (χ2n) is 12.2. The summed E-state index contributed by atoms with van der Waals surface area (Å²) in [4.78, 5) is 2.01. The van der Waals surface area contributed by atoms with Crippen LogP contribution >= 0.6 is 17.0 Å². The monoisotopic (exact) mass is 785 g/mol. The van der Waals surface area contributed by atoms with Crippen molar-refractivity contribution in [3.63, 3.8) is 0 Å². The summed E-state index contributed by atoms with van der Waals surface area (Å²) in [7, 11) is 0.201. The van der Waals surface area contributed by atoms with Crippen molar-refractivity contribution in [1.82, 2.24) is 14.7 Å². The number of nitrogens with zero attached hydrogens (tertiary/aromatic N) is 4. The fourth-order valence-corrected chi connectivity index (χ4v) is 6.35. The molecule has 1 unspecified atom stereocenters.